The fourth-order valence-electron chi connectivity index (χ4n) is 2.76. The number of amides is 1. The molecule has 0 radical (unpaired) electrons. The van der Waals surface area contributed by atoms with Gasteiger partial charge in [0.1, 0.15) is 5.75 Å². The van der Waals surface area contributed by atoms with E-state index in [4.69, 9.17) is 4.74 Å². The third kappa shape index (κ3) is 5.89. The summed E-state index contributed by atoms with van der Waals surface area (Å²) < 4.78 is 6.03. The minimum atomic E-state index is 0.0880. The summed E-state index contributed by atoms with van der Waals surface area (Å²) in [5.74, 6) is 1.06. The second-order valence-electron chi connectivity index (χ2n) is 7.83. The van der Waals surface area contributed by atoms with Crippen molar-refractivity contribution >= 4 is 5.91 Å². The molecular formula is C20H31NO2. The Balaban J connectivity index is 1.82. The van der Waals surface area contributed by atoms with Gasteiger partial charge in [0.2, 0.25) is 5.91 Å². The normalized spacial score (nSPS) is 17.0. The molecule has 128 valence electrons. The zero-order valence-corrected chi connectivity index (χ0v) is 15.0. The minimum Gasteiger partial charge on any atom is -0.490 e. The van der Waals surface area contributed by atoms with Crippen molar-refractivity contribution < 1.29 is 9.53 Å². The Morgan fingerprint density at radius 2 is 2.00 bits per heavy atom. The molecule has 1 aliphatic rings. The number of hydrogen-bond acceptors (Lipinski definition) is 2. The molecule has 3 nitrogen and oxygen atoms in total. The zero-order chi connectivity index (χ0) is 16.9. The highest BCUT2D eigenvalue weighted by Crippen LogP contribution is 2.25. The lowest BCUT2D eigenvalue weighted by molar-refractivity contribution is -0.122. The Morgan fingerprint density at radius 3 is 2.65 bits per heavy atom. The second-order valence-corrected chi connectivity index (χ2v) is 7.83. The fourth-order valence-corrected chi connectivity index (χ4v) is 2.76. The van der Waals surface area contributed by atoms with E-state index in [1.54, 1.807) is 0 Å². The molecule has 1 unspecified atom stereocenters. The van der Waals surface area contributed by atoms with E-state index in [0.717, 1.165) is 25.0 Å². The average molecular weight is 317 g/mol. The van der Waals surface area contributed by atoms with Gasteiger partial charge >= 0.3 is 0 Å². The lowest BCUT2D eigenvalue weighted by Crippen LogP contribution is -2.41. The minimum absolute atomic E-state index is 0.0880. The van der Waals surface area contributed by atoms with Crippen LogP contribution in [0.15, 0.2) is 24.3 Å². The SMILES string of the molecule is CC(NC(=O)CCc1cccc(OC2CCCC2)c1)C(C)(C)C. The molecule has 0 spiro atoms. The summed E-state index contributed by atoms with van der Waals surface area (Å²) in [6.45, 7) is 8.49. The van der Waals surface area contributed by atoms with Crippen LogP contribution in [0.25, 0.3) is 0 Å². The second kappa shape index (κ2) is 7.85. The number of aryl methyl sites for hydroxylation is 1. The highest BCUT2D eigenvalue weighted by molar-refractivity contribution is 5.76. The first-order chi connectivity index (χ1) is 10.8. The molecule has 0 aliphatic heterocycles. The van der Waals surface area contributed by atoms with Gasteiger partial charge in [-0.25, -0.2) is 0 Å². The van der Waals surface area contributed by atoms with Crippen molar-refractivity contribution in [1.29, 1.82) is 0 Å². The molecule has 1 N–H and O–H groups in total. The number of nitrogens with one attached hydrogen (secondary N) is 1. The van der Waals surface area contributed by atoms with E-state index in [2.05, 4.69) is 45.1 Å². The molecule has 0 aromatic heterocycles. The zero-order valence-electron chi connectivity index (χ0n) is 15.0. The monoisotopic (exact) mass is 317 g/mol. The molecule has 23 heavy (non-hydrogen) atoms. The highest BCUT2D eigenvalue weighted by Gasteiger charge is 2.21. The van der Waals surface area contributed by atoms with Crippen LogP contribution in [0.3, 0.4) is 0 Å². The number of rotatable bonds is 6. The number of ether oxygens (including phenoxy) is 1. The predicted molar refractivity (Wildman–Crippen MR) is 94.7 cm³/mol. The molecule has 1 aliphatic carbocycles. The van der Waals surface area contributed by atoms with Crippen molar-refractivity contribution in [2.45, 2.75) is 78.4 Å². The average Bonchev–Trinajstić information content (AvgIpc) is 2.97. The van der Waals surface area contributed by atoms with E-state index >= 15 is 0 Å². The van der Waals surface area contributed by atoms with Crippen LogP contribution in [-0.4, -0.2) is 18.1 Å². The van der Waals surface area contributed by atoms with Crippen molar-refractivity contribution in [2.24, 2.45) is 5.41 Å². The van der Waals surface area contributed by atoms with Crippen molar-refractivity contribution in [3.05, 3.63) is 29.8 Å². The summed E-state index contributed by atoms with van der Waals surface area (Å²) in [5.41, 5.74) is 1.25. The van der Waals surface area contributed by atoms with Gasteiger partial charge in [0, 0.05) is 12.5 Å². The van der Waals surface area contributed by atoms with Crippen LogP contribution in [0, 0.1) is 5.41 Å². The van der Waals surface area contributed by atoms with E-state index in [0.29, 0.717) is 12.5 Å². The number of carbonyl (C=O) groups is 1. The Morgan fingerprint density at radius 1 is 1.30 bits per heavy atom. The quantitative estimate of drug-likeness (QED) is 0.839. The van der Waals surface area contributed by atoms with Crippen LogP contribution in [0.2, 0.25) is 0 Å². The molecule has 0 heterocycles. The largest absolute Gasteiger partial charge is 0.490 e. The topological polar surface area (TPSA) is 38.3 Å². The number of benzene rings is 1. The molecule has 1 amide bonds. The molecular weight excluding hydrogens is 286 g/mol. The van der Waals surface area contributed by atoms with Gasteiger partial charge in [0.05, 0.1) is 6.10 Å². The molecule has 1 atom stereocenters. The molecule has 1 aromatic carbocycles. The molecule has 1 saturated carbocycles. The fraction of sp³-hybridized carbons (Fsp3) is 0.650. The molecule has 1 aromatic rings. The molecule has 0 saturated heterocycles. The third-order valence-electron chi connectivity index (χ3n) is 4.82. The lowest BCUT2D eigenvalue weighted by Gasteiger charge is -2.28. The van der Waals surface area contributed by atoms with Crippen molar-refractivity contribution in [3.63, 3.8) is 0 Å². The van der Waals surface area contributed by atoms with Crippen LogP contribution in [-0.2, 0) is 11.2 Å². The van der Waals surface area contributed by atoms with Gasteiger partial charge in [-0.2, -0.15) is 0 Å². The Hall–Kier alpha value is -1.51. The maximum atomic E-state index is 12.1. The summed E-state index contributed by atoms with van der Waals surface area (Å²) in [7, 11) is 0. The standard InChI is InChI=1S/C20H31NO2/c1-15(20(2,3)4)21-19(22)13-12-16-8-7-11-18(14-16)23-17-9-5-6-10-17/h7-8,11,14-15,17H,5-6,9-10,12-13H2,1-4H3,(H,21,22). The first-order valence-corrected chi connectivity index (χ1v) is 8.89. The first-order valence-electron chi connectivity index (χ1n) is 8.89. The summed E-state index contributed by atoms with van der Waals surface area (Å²) >= 11 is 0. The maximum absolute atomic E-state index is 12.1. The van der Waals surface area contributed by atoms with Gasteiger partial charge in [-0.15, -0.1) is 0 Å². The number of hydrogen-bond donors (Lipinski definition) is 1. The van der Waals surface area contributed by atoms with Crippen molar-refractivity contribution in [3.8, 4) is 5.75 Å². The smallest absolute Gasteiger partial charge is 0.220 e. The van der Waals surface area contributed by atoms with Gasteiger partial charge in [-0.05, 0) is 62.1 Å². The van der Waals surface area contributed by atoms with Gasteiger partial charge in [-0.1, -0.05) is 32.9 Å². The van der Waals surface area contributed by atoms with E-state index < -0.39 is 0 Å². The van der Waals surface area contributed by atoms with Gasteiger partial charge in [0.25, 0.3) is 0 Å². The van der Waals surface area contributed by atoms with Crippen LogP contribution in [0.4, 0.5) is 0 Å². The molecule has 3 heteroatoms. The summed E-state index contributed by atoms with van der Waals surface area (Å²) in [4.78, 5) is 12.1. The maximum Gasteiger partial charge on any atom is 0.220 e. The van der Waals surface area contributed by atoms with Crippen LogP contribution >= 0.6 is 0 Å². The molecule has 1 fully saturated rings. The van der Waals surface area contributed by atoms with E-state index in [-0.39, 0.29) is 17.4 Å². The summed E-state index contributed by atoms with van der Waals surface area (Å²) in [6.07, 6.45) is 6.53. The Labute approximate surface area is 140 Å². The van der Waals surface area contributed by atoms with Crippen LogP contribution in [0.5, 0.6) is 5.75 Å². The van der Waals surface area contributed by atoms with Crippen molar-refractivity contribution in [1.82, 2.24) is 5.32 Å². The van der Waals surface area contributed by atoms with Crippen LogP contribution in [0.1, 0.15) is 65.4 Å². The van der Waals surface area contributed by atoms with E-state index in [9.17, 15) is 4.79 Å². The Bertz CT molecular complexity index is 513. The Kier molecular flexibility index (Phi) is 6.09. The summed E-state index contributed by atoms with van der Waals surface area (Å²) in [6, 6.07) is 8.37. The van der Waals surface area contributed by atoms with Crippen molar-refractivity contribution in [2.75, 3.05) is 0 Å². The highest BCUT2D eigenvalue weighted by atomic mass is 16.5. The molecule has 2 rings (SSSR count). The van der Waals surface area contributed by atoms with E-state index in [1.807, 2.05) is 12.1 Å². The number of carbonyl (C=O) groups excluding carboxylic acids is 1. The van der Waals surface area contributed by atoms with Gasteiger partial charge in [-0.3, -0.25) is 4.79 Å². The lowest BCUT2D eigenvalue weighted by atomic mass is 9.88. The molecule has 0 bridgehead atoms. The van der Waals surface area contributed by atoms with Gasteiger partial charge in [0.15, 0.2) is 0 Å². The van der Waals surface area contributed by atoms with Crippen LogP contribution < -0.4 is 10.1 Å². The third-order valence-corrected chi connectivity index (χ3v) is 4.82. The summed E-state index contributed by atoms with van der Waals surface area (Å²) in [5, 5.41) is 3.09. The van der Waals surface area contributed by atoms with Gasteiger partial charge < -0.3 is 10.1 Å². The van der Waals surface area contributed by atoms with E-state index in [1.165, 1.54) is 18.4 Å². The predicted octanol–water partition coefficient (Wildman–Crippen LogP) is 4.49. The first kappa shape index (κ1) is 17.8.